The molecule has 0 saturated carbocycles. The van der Waals surface area contributed by atoms with Gasteiger partial charge in [0.15, 0.2) is 0 Å². The molecule has 0 spiro atoms. The zero-order valence-corrected chi connectivity index (χ0v) is 36.1. The van der Waals surface area contributed by atoms with Gasteiger partial charge in [-0.05, 0) is 125 Å². The van der Waals surface area contributed by atoms with E-state index < -0.39 is 52.2 Å². The Balaban J connectivity index is 2.04. The average molecular weight is 805 g/mol. The molecule has 15 heteroatoms. The van der Waals surface area contributed by atoms with Crippen molar-refractivity contribution in [1.29, 1.82) is 0 Å². The van der Waals surface area contributed by atoms with Crippen LogP contribution >= 0.6 is 0 Å². The first-order valence-electron chi connectivity index (χ1n) is 19.2. The summed E-state index contributed by atoms with van der Waals surface area (Å²) in [7, 11) is 0. The Hall–Kier alpha value is -5.28. The summed E-state index contributed by atoms with van der Waals surface area (Å²) in [5.74, 6) is -2.55. The molecule has 0 aliphatic rings. The minimum Gasteiger partial charge on any atom is -0.459 e. The second-order valence-electron chi connectivity index (χ2n) is 17.9. The van der Waals surface area contributed by atoms with E-state index in [-0.39, 0.29) is 51.4 Å². The van der Waals surface area contributed by atoms with Gasteiger partial charge in [0, 0.05) is 37.6 Å². The summed E-state index contributed by atoms with van der Waals surface area (Å²) in [6, 6.07) is 12.0. The summed E-state index contributed by atoms with van der Waals surface area (Å²) in [6.07, 6.45) is 3.27. The van der Waals surface area contributed by atoms with Crippen molar-refractivity contribution in [3.8, 4) is 11.4 Å². The van der Waals surface area contributed by atoms with Crippen LogP contribution < -0.4 is 5.32 Å². The second kappa shape index (κ2) is 19.9. The first-order valence-corrected chi connectivity index (χ1v) is 19.2. The maximum absolute atomic E-state index is 13.7. The molecule has 0 aromatic carbocycles. The number of hydrogen-bond acceptors (Lipinski definition) is 14. The van der Waals surface area contributed by atoms with Gasteiger partial charge in [-0.2, -0.15) is 0 Å². The molecule has 0 saturated heterocycles. The third kappa shape index (κ3) is 18.8. The van der Waals surface area contributed by atoms with Crippen molar-refractivity contribution in [2.45, 2.75) is 125 Å². The predicted molar refractivity (Wildman–Crippen MR) is 217 cm³/mol. The largest absolute Gasteiger partial charge is 0.459 e. The summed E-state index contributed by atoms with van der Waals surface area (Å²) in [4.78, 5) is 82.4. The molecule has 1 N–H and O–H groups in total. The molecule has 3 aromatic rings. The van der Waals surface area contributed by atoms with Gasteiger partial charge in [-0.3, -0.25) is 38.8 Å². The third-order valence-electron chi connectivity index (χ3n) is 7.27. The number of pyridine rings is 3. The SMILES string of the molecule is CC(C)(C)OC(=O)CN(CC(=O)OC(C)(C)C)Cc1cccc(-c2cc(C(=O)NCc3ccncc3)cc(CN(CC(=O)OC(C)(C)C)CC(=O)OC(C)(C)C)n2)n1. The number of nitrogens with zero attached hydrogens (tertiary/aromatic N) is 5. The van der Waals surface area contributed by atoms with E-state index >= 15 is 0 Å². The Morgan fingerprint density at radius 1 is 0.552 bits per heavy atom. The van der Waals surface area contributed by atoms with Gasteiger partial charge in [0.1, 0.15) is 22.4 Å². The fraction of sp³-hybridized carbons (Fsp3) is 0.535. The van der Waals surface area contributed by atoms with Crippen LogP contribution in [0.1, 0.15) is 110 Å². The van der Waals surface area contributed by atoms with E-state index in [0.717, 1.165) is 5.56 Å². The zero-order chi connectivity index (χ0) is 43.5. The fourth-order valence-corrected chi connectivity index (χ4v) is 5.45. The van der Waals surface area contributed by atoms with Crippen molar-refractivity contribution >= 4 is 29.8 Å². The Kier molecular flexibility index (Phi) is 16.2. The summed E-state index contributed by atoms with van der Waals surface area (Å²) in [5, 5.41) is 2.93. The quantitative estimate of drug-likeness (QED) is 0.143. The number of carbonyl (C=O) groups is 5. The third-order valence-corrected chi connectivity index (χ3v) is 7.27. The lowest BCUT2D eigenvalue weighted by atomic mass is 10.1. The van der Waals surface area contributed by atoms with Crippen molar-refractivity contribution in [3.63, 3.8) is 0 Å². The molecule has 0 aliphatic heterocycles. The number of carbonyl (C=O) groups excluding carboxylic acids is 5. The lowest BCUT2D eigenvalue weighted by Gasteiger charge is -2.26. The van der Waals surface area contributed by atoms with E-state index in [1.165, 1.54) is 0 Å². The fourth-order valence-electron chi connectivity index (χ4n) is 5.45. The highest BCUT2D eigenvalue weighted by atomic mass is 16.6. The van der Waals surface area contributed by atoms with Crippen molar-refractivity contribution in [2.75, 3.05) is 26.2 Å². The van der Waals surface area contributed by atoms with Crippen LogP contribution in [0.3, 0.4) is 0 Å². The highest BCUT2D eigenvalue weighted by Crippen LogP contribution is 2.21. The first-order chi connectivity index (χ1) is 26.7. The van der Waals surface area contributed by atoms with Crippen LogP contribution in [0, 0.1) is 0 Å². The summed E-state index contributed by atoms with van der Waals surface area (Å²) >= 11 is 0. The molecule has 3 rings (SSSR count). The van der Waals surface area contributed by atoms with Gasteiger partial charge in [-0.15, -0.1) is 0 Å². The standard InChI is InChI=1S/C43H60N6O9/c1-40(2,3)55-35(50)25-48(26-36(51)56-41(4,5)6)23-31-14-13-15-33(46-31)34-21-30(39(54)45-22-29-16-18-44-19-17-29)20-32(47-34)24-49(27-37(52)57-42(7,8)9)28-38(53)58-43(10,11)12/h13-21H,22-28H2,1-12H3,(H,45,54). The summed E-state index contributed by atoms with van der Waals surface area (Å²) in [5.41, 5.74) is -0.320. The predicted octanol–water partition coefficient (Wildman–Crippen LogP) is 5.44. The minimum atomic E-state index is -0.765. The first kappa shape index (κ1) is 47.1. The van der Waals surface area contributed by atoms with Crippen LogP contribution in [0.25, 0.3) is 11.4 Å². The molecule has 0 unspecified atom stereocenters. The Labute approximate surface area is 342 Å². The van der Waals surface area contributed by atoms with Gasteiger partial charge in [-0.1, -0.05) is 6.07 Å². The smallest absolute Gasteiger partial charge is 0.320 e. The average Bonchev–Trinajstić information content (AvgIpc) is 3.04. The van der Waals surface area contributed by atoms with Crippen LogP contribution in [-0.4, -0.2) is 103 Å². The molecule has 3 aromatic heterocycles. The molecule has 0 aliphatic carbocycles. The van der Waals surface area contributed by atoms with Gasteiger partial charge in [0.25, 0.3) is 5.91 Å². The van der Waals surface area contributed by atoms with E-state index in [1.54, 1.807) is 148 Å². The maximum Gasteiger partial charge on any atom is 0.320 e. The van der Waals surface area contributed by atoms with Crippen molar-refractivity contribution in [2.24, 2.45) is 0 Å². The van der Waals surface area contributed by atoms with Gasteiger partial charge in [0.05, 0.1) is 49.0 Å². The molecule has 0 fully saturated rings. The van der Waals surface area contributed by atoms with Crippen molar-refractivity contribution < 1.29 is 42.9 Å². The number of esters is 4. The van der Waals surface area contributed by atoms with Gasteiger partial charge >= 0.3 is 23.9 Å². The van der Waals surface area contributed by atoms with Gasteiger partial charge in [-0.25, -0.2) is 9.97 Å². The van der Waals surface area contributed by atoms with Crippen LogP contribution in [0.5, 0.6) is 0 Å². The molecule has 3 heterocycles. The van der Waals surface area contributed by atoms with E-state index in [9.17, 15) is 24.0 Å². The number of ether oxygens (including phenoxy) is 4. The van der Waals surface area contributed by atoms with Crippen LogP contribution in [0.2, 0.25) is 0 Å². The van der Waals surface area contributed by atoms with Crippen LogP contribution in [0.15, 0.2) is 54.9 Å². The molecular weight excluding hydrogens is 745 g/mol. The van der Waals surface area contributed by atoms with E-state index in [4.69, 9.17) is 28.9 Å². The highest BCUT2D eigenvalue weighted by molar-refractivity contribution is 5.95. The monoisotopic (exact) mass is 804 g/mol. The van der Waals surface area contributed by atoms with E-state index in [1.807, 2.05) is 0 Å². The number of nitrogens with one attached hydrogen (secondary N) is 1. The van der Waals surface area contributed by atoms with Gasteiger partial charge < -0.3 is 24.3 Å². The summed E-state index contributed by atoms with van der Waals surface area (Å²) < 4.78 is 22.2. The van der Waals surface area contributed by atoms with Crippen LogP contribution in [0.4, 0.5) is 0 Å². The topological polar surface area (TPSA) is 179 Å². The Morgan fingerprint density at radius 2 is 0.966 bits per heavy atom. The summed E-state index contributed by atoms with van der Waals surface area (Å²) in [6.45, 7) is 20.4. The Bertz CT molecular complexity index is 1830. The second-order valence-corrected chi connectivity index (χ2v) is 17.9. The number of amides is 1. The molecule has 58 heavy (non-hydrogen) atoms. The number of rotatable bonds is 16. The molecule has 0 radical (unpaired) electrons. The molecular formula is C43H60N6O9. The van der Waals surface area contributed by atoms with Crippen LogP contribution in [-0.2, 0) is 57.8 Å². The van der Waals surface area contributed by atoms with Crippen molar-refractivity contribution in [1.82, 2.24) is 30.1 Å². The lowest BCUT2D eigenvalue weighted by molar-refractivity contribution is -0.162. The Morgan fingerprint density at radius 3 is 1.40 bits per heavy atom. The minimum absolute atomic E-state index is 0.0315. The lowest BCUT2D eigenvalue weighted by Crippen LogP contribution is -2.39. The van der Waals surface area contributed by atoms with E-state index in [2.05, 4.69) is 10.3 Å². The zero-order valence-electron chi connectivity index (χ0n) is 36.1. The molecule has 0 bridgehead atoms. The molecule has 15 nitrogen and oxygen atoms in total. The number of hydrogen-bond donors (Lipinski definition) is 1. The normalized spacial score (nSPS) is 12.2. The van der Waals surface area contributed by atoms with E-state index in [0.29, 0.717) is 22.8 Å². The maximum atomic E-state index is 13.7. The molecule has 1 amide bonds. The number of aromatic nitrogens is 3. The molecule has 0 atom stereocenters. The highest BCUT2D eigenvalue weighted by Gasteiger charge is 2.26. The molecule has 316 valence electrons. The van der Waals surface area contributed by atoms with Gasteiger partial charge in [0.2, 0.25) is 0 Å². The van der Waals surface area contributed by atoms with Crippen molar-refractivity contribution in [3.05, 3.63) is 77.4 Å².